The number of carbonyl (C=O) groups is 1. The van der Waals surface area contributed by atoms with Crippen LogP contribution in [0.2, 0.25) is 5.02 Å². The van der Waals surface area contributed by atoms with Crippen LogP contribution >= 0.6 is 23.4 Å². The summed E-state index contributed by atoms with van der Waals surface area (Å²) in [7, 11) is 0. The minimum Gasteiger partial charge on any atom is -0.323 e. The maximum absolute atomic E-state index is 13.5. The molecule has 106 valence electrons. The monoisotopic (exact) mass is 314 g/mol. The minimum absolute atomic E-state index is 0.108. The van der Waals surface area contributed by atoms with E-state index in [0.717, 1.165) is 12.6 Å². The molecular weight excluding hydrogens is 303 g/mol. The Labute approximate surface area is 124 Å². The molecule has 0 spiro atoms. The highest BCUT2D eigenvalue weighted by Crippen LogP contribution is 2.20. The zero-order valence-corrected chi connectivity index (χ0v) is 12.2. The number of carbonyl (C=O) groups excluding carboxylic acids is 1. The predicted octanol–water partition coefficient (Wildman–Crippen LogP) is 2.82. The van der Waals surface area contributed by atoms with Gasteiger partial charge in [0, 0.05) is 11.6 Å². The first-order valence-electron chi connectivity index (χ1n) is 5.85. The summed E-state index contributed by atoms with van der Waals surface area (Å²) >= 11 is 6.88. The quantitative estimate of drug-likeness (QED) is 0.862. The number of thioether (sulfide) groups is 1. The van der Waals surface area contributed by atoms with Crippen molar-refractivity contribution in [2.75, 3.05) is 11.1 Å². The molecule has 0 aliphatic heterocycles. The molecule has 0 atom stereocenters. The number of rotatable bonds is 5. The summed E-state index contributed by atoms with van der Waals surface area (Å²) in [6, 6.07) is 4.09. The van der Waals surface area contributed by atoms with E-state index in [2.05, 4.69) is 15.5 Å². The molecule has 0 radical (unpaired) electrons. The number of halogens is 2. The second-order valence-corrected chi connectivity index (χ2v) is 5.24. The number of benzene rings is 1. The van der Waals surface area contributed by atoms with E-state index in [4.69, 9.17) is 11.6 Å². The Balaban J connectivity index is 1.93. The van der Waals surface area contributed by atoms with Crippen molar-refractivity contribution in [1.29, 1.82) is 0 Å². The Morgan fingerprint density at radius 1 is 1.55 bits per heavy atom. The number of nitrogens with zero attached hydrogens (tertiary/aromatic N) is 3. The van der Waals surface area contributed by atoms with E-state index in [1.54, 1.807) is 6.33 Å². The number of nitrogens with one attached hydrogen (secondary N) is 1. The Morgan fingerprint density at radius 2 is 2.35 bits per heavy atom. The fourth-order valence-corrected chi connectivity index (χ4v) is 2.42. The van der Waals surface area contributed by atoms with Crippen LogP contribution in [-0.2, 0) is 11.3 Å². The molecule has 0 aliphatic rings. The predicted molar refractivity (Wildman–Crippen MR) is 76.5 cm³/mol. The van der Waals surface area contributed by atoms with Crippen molar-refractivity contribution in [1.82, 2.24) is 14.8 Å². The topological polar surface area (TPSA) is 59.8 Å². The number of amides is 1. The first-order valence-corrected chi connectivity index (χ1v) is 7.22. The molecule has 8 heteroatoms. The fourth-order valence-electron chi connectivity index (χ4n) is 1.48. The summed E-state index contributed by atoms with van der Waals surface area (Å²) < 4.78 is 15.3. The van der Waals surface area contributed by atoms with Crippen LogP contribution in [0.3, 0.4) is 0 Å². The van der Waals surface area contributed by atoms with Crippen LogP contribution in [0.25, 0.3) is 0 Å². The highest BCUT2D eigenvalue weighted by molar-refractivity contribution is 7.99. The molecule has 0 saturated heterocycles. The lowest BCUT2D eigenvalue weighted by Gasteiger charge is -2.06. The summed E-state index contributed by atoms with van der Waals surface area (Å²) in [5, 5.41) is 11.1. The molecule has 2 aromatic rings. The van der Waals surface area contributed by atoms with E-state index in [1.165, 1.54) is 23.9 Å². The number of hydrogen-bond acceptors (Lipinski definition) is 4. The van der Waals surface area contributed by atoms with Gasteiger partial charge in [0.15, 0.2) is 5.16 Å². The summed E-state index contributed by atoms with van der Waals surface area (Å²) in [5.41, 5.74) is 0.108. The molecule has 1 amide bonds. The Bertz CT molecular complexity index is 619. The highest BCUT2D eigenvalue weighted by Gasteiger charge is 2.10. The molecule has 0 unspecified atom stereocenters. The van der Waals surface area contributed by atoms with Crippen molar-refractivity contribution in [2.24, 2.45) is 0 Å². The maximum atomic E-state index is 13.5. The average Bonchev–Trinajstić information content (AvgIpc) is 2.87. The highest BCUT2D eigenvalue weighted by atomic mass is 35.5. The van der Waals surface area contributed by atoms with Gasteiger partial charge in [0.25, 0.3) is 0 Å². The van der Waals surface area contributed by atoms with Crippen LogP contribution in [0.15, 0.2) is 29.7 Å². The zero-order chi connectivity index (χ0) is 14.5. The Morgan fingerprint density at radius 3 is 3.05 bits per heavy atom. The van der Waals surface area contributed by atoms with Crippen molar-refractivity contribution < 1.29 is 9.18 Å². The van der Waals surface area contributed by atoms with Crippen LogP contribution in [0.4, 0.5) is 10.1 Å². The Hall–Kier alpha value is -1.60. The second-order valence-electron chi connectivity index (χ2n) is 3.86. The third-order valence-electron chi connectivity index (χ3n) is 2.46. The van der Waals surface area contributed by atoms with Gasteiger partial charge >= 0.3 is 0 Å². The molecule has 0 bridgehead atoms. The van der Waals surface area contributed by atoms with Gasteiger partial charge in [-0.05, 0) is 25.1 Å². The maximum Gasteiger partial charge on any atom is 0.234 e. The van der Waals surface area contributed by atoms with Gasteiger partial charge in [0.2, 0.25) is 5.91 Å². The van der Waals surface area contributed by atoms with Gasteiger partial charge in [-0.15, -0.1) is 10.2 Å². The first kappa shape index (κ1) is 14.8. The normalized spacial score (nSPS) is 10.6. The minimum atomic E-state index is -0.562. The Kier molecular flexibility index (Phi) is 4.97. The lowest BCUT2D eigenvalue weighted by atomic mass is 10.3. The molecular formula is C12H12ClFN4OS. The van der Waals surface area contributed by atoms with Gasteiger partial charge in [-0.25, -0.2) is 4.39 Å². The van der Waals surface area contributed by atoms with Crippen molar-refractivity contribution in [3.63, 3.8) is 0 Å². The summed E-state index contributed by atoms with van der Waals surface area (Å²) in [6.45, 7) is 2.68. The van der Waals surface area contributed by atoms with E-state index in [-0.39, 0.29) is 22.4 Å². The van der Waals surface area contributed by atoms with Gasteiger partial charge in [-0.2, -0.15) is 0 Å². The van der Waals surface area contributed by atoms with Gasteiger partial charge in [0.05, 0.1) is 11.4 Å². The summed E-state index contributed by atoms with van der Waals surface area (Å²) in [4.78, 5) is 11.8. The number of aryl methyl sites for hydroxylation is 1. The number of anilines is 1. The van der Waals surface area contributed by atoms with E-state index < -0.39 is 5.82 Å². The largest absolute Gasteiger partial charge is 0.323 e. The van der Waals surface area contributed by atoms with Crippen molar-refractivity contribution in [3.8, 4) is 0 Å². The zero-order valence-electron chi connectivity index (χ0n) is 10.6. The third kappa shape index (κ3) is 3.71. The molecule has 5 nitrogen and oxygen atoms in total. The van der Waals surface area contributed by atoms with Crippen LogP contribution in [0.1, 0.15) is 6.92 Å². The van der Waals surface area contributed by atoms with E-state index >= 15 is 0 Å². The van der Waals surface area contributed by atoms with E-state index in [0.29, 0.717) is 5.16 Å². The molecule has 0 saturated carbocycles. The molecule has 20 heavy (non-hydrogen) atoms. The molecule has 1 heterocycles. The van der Waals surface area contributed by atoms with Crippen LogP contribution in [0.5, 0.6) is 0 Å². The summed E-state index contributed by atoms with van der Waals surface area (Å²) in [5.74, 6) is -0.754. The smallest absolute Gasteiger partial charge is 0.234 e. The molecule has 0 aliphatic carbocycles. The number of hydrogen-bond donors (Lipinski definition) is 1. The van der Waals surface area contributed by atoms with Crippen LogP contribution in [0, 0.1) is 5.82 Å². The molecule has 2 rings (SSSR count). The lowest BCUT2D eigenvalue weighted by molar-refractivity contribution is -0.113. The SMILES string of the molecule is CCn1cnnc1SCC(=O)Nc1ccc(Cl)cc1F. The van der Waals surface area contributed by atoms with Gasteiger partial charge < -0.3 is 9.88 Å². The third-order valence-corrected chi connectivity index (χ3v) is 3.67. The molecule has 1 aromatic heterocycles. The fraction of sp³-hybridized carbons (Fsp3) is 0.250. The molecule has 1 aromatic carbocycles. The van der Waals surface area contributed by atoms with Crippen LogP contribution < -0.4 is 5.32 Å². The average molecular weight is 315 g/mol. The van der Waals surface area contributed by atoms with Crippen molar-refractivity contribution >= 4 is 35.0 Å². The number of aromatic nitrogens is 3. The second kappa shape index (κ2) is 6.71. The molecule has 0 fully saturated rings. The standard InChI is InChI=1S/C12H12ClFN4OS/c1-2-18-7-15-17-12(18)20-6-11(19)16-10-4-3-8(13)5-9(10)14/h3-5,7H,2,6H2,1H3,(H,16,19). The summed E-state index contributed by atoms with van der Waals surface area (Å²) in [6.07, 6.45) is 1.60. The van der Waals surface area contributed by atoms with E-state index in [9.17, 15) is 9.18 Å². The van der Waals surface area contributed by atoms with Gasteiger partial charge in [-0.3, -0.25) is 4.79 Å². The first-order chi connectivity index (χ1) is 9.60. The lowest BCUT2D eigenvalue weighted by Crippen LogP contribution is -2.15. The van der Waals surface area contributed by atoms with Crippen molar-refractivity contribution in [2.45, 2.75) is 18.6 Å². The van der Waals surface area contributed by atoms with E-state index in [1.807, 2.05) is 11.5 Å². The van der Waals surface area contributed by atoms with Gasteiger partial charge in [0.1, 0.15) is 12.1 Å². The van der Waals surface area contributed by atoms with Crippen molar-refractivity contribution in [3.05, 3.63) is 35.4 Å². The van der Waals surface area contributed by atoms with Gasteiger partial charge in [-0.1, -0.05) is 23.4 Å². The molecule has 1 N–H and O–H groups in total. The van der Waals surface area contributed by atoms with Crippen LogP contribution in [-0.4, -0.2) is 26.4 Å².